The zero-order chi connectivity index (χ0) is 17.4. The maximum Gasteiger partial charge on any atom is 0.277 e. The fourth-order valence-corrected chi connectivity index (χ4v) is 2.90. The molecule has 0 saturated heterocycles. The van der Waals surface area contributed by atoms with E-state index in [-0.39, 0.29) is 0 Å². The van der Waals surface area contributed by atoms with Crippen LogP contribution in [-0.2, 0) is 0 Å². The van der Waals surface area contributed by atoms with E-state index < -0.39 is 17.7 Å². The van der Waals surface area contributed by atoms with Gasteiger partial charge in [-0.05, 0) is 29.7 Å². The van der Waals surface area contributed by atoms with Crippen LogP contribution < -0.4 is 11.0 Å². The fraction of sp³-hybridized carbons (Fsp3) is 0. The predicted octanol–water partition coefficient (Wildman–Crippen LogP) is 2.29. The standard InChI is InChI=1S/C19H13N3O3/c23-17(13-6-2-1-3-7-13)20-21-22-18(24)14-10-4-8-12-9-5-11-15(16(12)14)19(22)25/h1-11,21H,(H,20,23). The van der Waals surface area contributed by atoms with Crippen molar-refractivity contribution in [3.63, 3.8) is 0 Å². The van der Waals surface area contributed by atoms with Gasteiger partial charge >= 0.3 is 0 Å². The Morgan fingerprint density at radius 1 is 0.760 bits per heavy atom. The van der Waals surface area contributed by atoms with Crippen molar-refractivity contribution in [1.82, 2.24) is 16.0 Å². The van der Waals surface area contributed by atoms with Crippen molar-refractivity contribution in [3.05, 3.63) is 83.4 Å². The van der Waals surface area contributed by atoms with E-state index in [2.05, 4.69) is 11.0 Å². The lowest BCUT2D eigenvalue weighted by molar-refractivity contribution is 0.0471. The van der Waals surface area contributed by atoms with Gasteiger partial charge in [0.2, 0.25) is 0 Å². The Morgan fingerprint density at radius 2 is 1.36 bits per heavy atom. The predicted molar refractivity (Wildman–Crippen MR) is 91.5 cm³/mol. The molecule has 0 radical (unpaired) electrons. The van der Waals surface area contributed by atoms with Crippen LogP contribution in [0.3, 0.4) is 0 Å². The van der Waals surface area contributed by atoms with Crippen molar-refractivity contribution >= 4 is 28.5 Å². The van der Waals surface area contributed by atoms with E-state index in [0.29, 0.717) is 22.1 Å². The quantitative estimate of drug-likeness (QED) is 0.570. The van der Waals surface area contributed by atoms with E-state index in [1.807, 2.05) is 12.1 Å². The number of nitrogens with one attached hydrogen (secondary N) is 2. The van der Waals surface area contributed by atoms with Crippen LogP contribution in [0, 0.1) is 0 Å². The lowest BCUT2D eigenvalue weighted by Gasteiger charge is -2.27. The van der Waals surface area contributed by atoms with Crippen LogP contribution in [0.1, 0.15) is 31.1 Å². The van der Waals surface area contributed by atoms with E-state index in [1.165, 1.54) is 0 Å². The Labute approximate surface area is 143 Å². The van der Waals surface area contributed by atoms with Crippen LogP contribution in [0.15, 0.2) is 66.7 Å². The Bertz CT molecular complexity index is 964. The monoisotopic (exact) mass is 331 g/mol. The second kappa shape index (κ2) is 5.85. The molecule has 6 nitrogen and oxygen atoms in total. The van der Waals surface area contributed by atoms with Crippen LogP contribution in [-0.4, -0.2) is 22.7 Å². The first-order chi connectivity index (χ1) is 12.2. The average Bonchev–Trinajstić information content (AvgIpc) is 2.66. The van der Waals surface area contributed by atoms with E-state index >= 15 is 0 Å². The Morgan fingerprint density at radius 3 is 1.96 bits per heavy atom. The maximum atomic E-state index is 12.7. The molecule has 25 heavy (non-hydrogen) atoms. The minimum Gasteiger partial charge on any atom is -0.269 e. The Balaban J connectivity index is 1.63. The number of hydrogen-bond donors (Lipinski definition) is 2. The molecule has 4 rings (SSSR count). The summed E-state index contributed by atoms with van der Waals surface area (Å²) in [6, 6.07) is 19.0. The number of rotatable bonds is 3. The molecule has 6 heteroatoms. The van der Waals surface area contributed by atoms with Crippen molar-refractivity contribution < 1.29 is 14.4 Å². The van der Waals surface area contributed by atoms with Crippen molar-refractivity contribution in [2.75, 3.05) is 0 Å². The van der Waals surface area contributed by atoms with Gasteiger partial charge in [0.05, 0.1) is 11.1 Å². The summed E-state index contributed by atoms with van der Waals surface area (Å²) < 4.78 is 0. The van der Waals surface area contributed by atoms with Gasteiger partial charge in [0.1, 0.15) is 0 Å². The number of imide groups is 1. The lowest BCUT2D eigenvalue weighted by Crippen LogP contribution is -2.56. The van der Waals surface area contributed by atoms with Crippen LogP contribution in [0.4, 0.5) is 0 Å². The van der Waals surface area contributed by atoms with Crippen LogP contribution in [0.5, 0.6) is 0 Å². The van der Waals surface area contributed by atoms with Gasteiger partial charge < -0.3 is 0 Å². The third-order valence-electron chi connectivity index (χ3n) is 4.09. The first-order valence-electron chi connectivity index (χ1n) is 7.68. The summed E-state index contributed by atoms with van der Waals surface area (Å²) in [7, 11) is 0. The molecule has 0 bridgehead atoms. The highest BCUT2D eigenvalue weighted by molar-refractivity contribution is 6.25. The molecule has 3 aromatic carbocycles. The van der Waals surface area contributed by atoms with Crippen molar-refractivity contribution in [1.29, 1.82) is 0 Å². The second-order valence-electron chi connectivity index (χ2n) is 5.59. The highest BCUT2D eigenvalue weighted by Crippen LogP contribution is 2.28. The van der Waals surface area contributed by atoms with E-state index in [9.17, 15) is 14.4 Å². The number of benzene rings is 3. The zero-order valence-corrected chi connectivity index (χ0v) is 13.0. The maximum absolute atomic E-state index is 12.7. The zero-order valence-electron chi connectivity index (χ0n) is 13.0. The van der Waals surface area contributed by atoms with Gasteiger partial charge in [-0.1, -0.05) is 42.5 Å². The number of hydrogen-bond acceptors (Lipinski definition) is 4. The largest absolute Gasteiger partial charge is 0.277 e. The molecule has 1 heterocycles. The van der Waals surface area contributed by atoms with Gasteiger partial charge in [-0.15, -0.1) is 5.53 Å². The first-order valence-corrected chi connectivity index (χ1v) is 7.68. The summed E-state index contributed by atoms with van der Waals surface area (Å²) in [5.41, 5.74) is 6.06. The van der Waals surface area contributed by atoms with Gasteiger partial charge in [0.25, 0.3) is 17.7 Å². The third-order valence-corrected chi connectivity index (χ3v) is 4.09. The second-order valence-corrected chi connectivity index (χ2v) is 5.59. The summed E-state index contributed by atoms with van der Waals surface area (Å²) in [6.07, 6.45) is 0. The molecule has 122 valence electrons. The summed E-state index contributed by atoms with van der Waals surface area (Å²) in [4.78, 5) is 37.4. The molecule has 0 unspecified atom stereocenters. The third kappa shape index (κ3) is 2.45. The number of amides is 3. The molecule has 1 aliphatic rings. The highest BCUT2D eigenvalue weighted by Gasteiger charge is 2.33. The van der Waals surface area contributed by atoms with E-state index in [0.717, 1.165) is 10.4 Å². The van der Waals surface area contributed by atoms with Crippen molar-refractivity contribution in [3.8, 4) is 0 Å². The molecule has 0 fully saturated rings. The fourth-order valence-electron chi connectivity index (χ4n) is 2.90. The minimum atomic E-state index is -0.511. The minimum absolute atomic E-state index is 0.411. The molecule has 2 N–H and O–H groups in total. The van der Waals surface area contributed by atoms with Gasteiger partial charge in [0.15, 0.2) is 0 Å². The highest BCUT2D eigenvalue weighted by atomic mass is 16.2. The average molecular weight is 331 g/mol. The summed E-state index contributed by atoms with van der Waals surface area (Å²) in [6.45, 7) is 0. The smallest absolute Gasteiger partial charge is 0.269 e. The van der Waals surface area contributed by atoms with Gasteiger partial charge in [-0.3, -0.25) is 19.8 Å². The number of hydrazine groups is 2. The van der Waals surface area contributed by atoms with E-state index in [1.54, 1.807) is 54.6 Å². The van der Waals surface area contributed by atoms with Crippen LogP contribution in [0.25, 0.3) is 10.8 Å². The molecule has 0 spiro atoms. The normalized spacial score (nSPS) is 13.2. The molecular weight excluding hydrogens is 318 g/mol. The van der Waals surface area contributed by atoms with Gasteiger partial charge in [-0.2, -0.15) is 5.01 Å². The molecule has 0 aromatic heterocycles. The SMILES string of the molecule is O=C(NNN1C(=O)c2cccc3cccc(c23)C1=O)c1ccccc1. The van der Waals surface area contributed by atoms with E-state index in [4.69, 9.17) is 0 Å². The lowest BCUT2D eigenvalue weighted by atomic mass is 9.95. The Hall–Kier alpha value is -3.51. The van der Waals surface area contributed by atoms with Gasteiger partial charge in [-0.25, -0.2) is 0 Å². The summed E-state index contributed by atoms with van der Waals surface area (Å²) in [5, 5.41) is 2.27. The van der Waals surface area contributed by atoms with Crippen molar-refractivity contribution in [2.24, 2.45) is 0 Å². The molecular formula is C19H13N3O3. The molecule has 3 aromatic rings. The molecule has 0 saturated carbocycles. The summed E-state index contributed by atoms with van der Waals surface area (Å²) in [5.74, 6) is -1.47. The van der Waals surface area contributed by atoms with Crippen molar-refractivity contribution in [2.45, 2.75) is 0 Å². The number of nitrogens with zero attached hydrogens (tertiary/aromatic N) is 1. The topological polar surface area (TPSA) is 78.5 Å². The summed E-state index contributed by atoms with van der Waals surface area (Å²) >= 11 is 0. The first kappa shape index (κ1) is 15.0. The molecule has 1 aliphatic heterocycles. The Kier molecular flexibility index (Phi) is 3.52. The van der Waals surface area contributed by atoms with Crippen LogP contribution >= 0.6 is 0 Å². The molecule has 0 aliphatic carbocycles. The number of carbonyl (C=O) groups is 3. The molecule has 3 amide bonds. The molecule has 0 atom stereocenters. The van der Waals surface area contributed by atoms with Crippen LogP contribution in [0.2, 0.25) is 0 Å². The van der Waals surface area contributed by atoms with Gasteiger partial charge in [0, 0.05) is 10.9 Å². The number of carbonyl (C=O) groups excluding carboxylic acids is 3.